The molecule has 0 atom stereocenters. The highest BCUT2D eigenvalue weighted by Crippen LogP contribution is 2.44. The van der Waals surface area contributed by atoms with Gasteiger partial charge in [0.05, 0.1) is 31.4 Å². The maximum atomic E-state index is 9.49. The van der Waals surface area contributed by atoms with E-state index in [-0.39, 0.29) is 27.4 Å². The Labute approximate surface area is 146 Å². The first-order valence-electron chi connectivity index (χ1n) is 6.39. The summed E-state index contributed by atoms with van der Waals surface area (Å²) in [4.78, 5) is 9.42. The Bertz CT molecular complexity index is 954. The van der Waals surface area contributed by atoms with Crippen molar-refractivity contribution >= 4 is 57.6 Å². The zero-order valence-electron chi connectivity index (χ0n) is 11.5. The molecule has 0 radical (unpaired) electrons. The fraction of sp³-hybridized carbons (Fsp3) is 0. The van der Waals surface area contributed by atoms with Gasteiger partial charge >= 0.3 is 0 Å². The van der Waals surface area contributed by atoms with E-state index in [0.29, 0.717) is 15.8 Å². The number of hydrogen-bond acceptors (Lipinski definition) is 6. The van der Waals surface area contributed by atoms with E-state index in [2.05, 4.69) is 16.0 Å². The third-order valence-electron chi connectivity index (χ3n) is 3.10. The fourth-order valence-electron chi connectivity index (χ4n) is 2.12. The Morgan fingerprint density at radius 2 is 1.74 bits per heavy atom. The number of nitrogens with zero attached hydrogens (tertiary/aromatic N) is 3. The van der Waals surface area contributed by atoms with E-state index in [1.165, 1.54) is 11.8 Å². The van der Waals surface area contributed by atoms with E-state index < -0.39 is 0 Å². The van der Waals surface area contributed by atoms with Crippen LogP contribution in [0.15, 0.2) is 40.1 Å². The second-order valence-corrected chi connectivity index (χ2v) is 6.39. The van der Waals surface area contributed by atoms with Crippen LogP contribution in [0.5, 0.6) is 0 Å². The van der Waals surface area contributed by atoms with Crippen molar-refractivity contribution in [1.82, 2.24) is 9.97 Å². The van der Waals surface area contributed by atoms with Crippen LogP contribution in [-0.4, -0.2) is 9.97 Å². The van der Waals surface area contributed by atoms with Crippen molar-refractivity contribution in [1.29, 1.82) is 5.26 Å². The van der Waals surface area contributed by atoms with Crippen molar-refractivity contribution in [3.63, 3.8) is 0 Å². The van der Waals surface area contributed by atoms with Crippen LogP contribution in [0.3, 0.4) is 0 Å². The Kier molecular flexibility index (Phi) is 4.18. The molecule has 0 aliphatic rings. The third-order valence-corrected chi connectivity index (χ3v) is 5.08. The van der Waals surface area contributed by atoms with Crippen LogP contribution in [0.1, 0.15) is 5.56 Å². The number of benzene rings is 2. The SMILES string of the molecule is N#Cc1c(Sc2ccccc2)c(Cl)c2nc(N)nc(N)c2c1Cl. The van der Waals surface area contributed by atoms with Gasteiger partial charge in [-0.05, 0) is 12.1 Å². The number of anilines is 2. The summed E-state index contributed by atoms with van der Waals surface area (Å²) in [6, 6.07) is 11.6. The van der Waals surface area contributed by atoms with Gasteiger partial charge in [0, 0.05) is 4.90 Å². The first-order chi connectivity index (χ1) is 11.0. The maximum Gasteiger partial charge on any atom is 0.222 e. The summed E-state index contributed by atoms with van der Waals surface area (Å²) in [5.74, 6) is 0.0838. The second-order valence-electron chi connectivity index (χ2n) is 4.55. The summed E-state index contributed by atoms with van der Waals surface area (Å²) in [5.41, 5.74) is 12.1. The van der Waals surface area contributed by atoms with Gasteiger partial charge in [-0.1, -0.05) is 53.2 Å². The fourth-order valence-corrected chi connectivity index (χ4v) is 3.81. The molecule has 1 aromatic heterocycles. The first-order valence-corrected chi connectivity index (χ1v) is 7.96. The van der Waals surface area contributed by atoms with Gasteiger partial charge in [-0.2, -0.15) is 10.2 Å². The molecule has 0 aliphatic carbocycles. The van der Waals surface area contributed by atoms with E-state index in [4.69, 9.17) is 34.7 Å². The van der Waals surface area contributed by atoms with Crippen LogP contribution < -0.4 is 11.5 Å². The summed E-state index contributed by atoms with van der Waals surface area (Å²) >= 11 is 14.1. The number of nitriles is 1. The molecule has 0 bridgehead atoms. The highest BCUT2D eigenvalue weighted by atomic mass is 35.5. The lowest BCUT2D eigenvalue weighted by molar-refractivity contribution is 1.23. The minimum absolute atomic E-state index is 0.00617. The van der Waals surface area contributed by atoms with Gasteiger partial charge in [0.2, 0.25) is 5.95 Å². The van der Waals surface area contributed by atoms with Crippen molar-refractivity contribution in [3.05, 3.63) is 45.9 Å². The smallest absolute Gasteiger partial charge is 0.222 e. The van der Waals surface area contributed by atoms with Gasteiger partial charge in [-0.3, -0.25) is 0 Å². The number of rotatable bonds is 2. The van der Waals surface area contributed by atoms with Crippen LogP contribution in [0.4, 0.5) is 11.8 Å². The zero-order valence-corrected chi connectivity index (χ0v) is 13.9. The highest BCUT2D eigenvalue weighted by molar-refractivity contribution is 7.99. The van der Waals surface area contributed by atoms with Crippen LogP contribution in [0.25, 0.3) is 10.9 Å². The monoisotopic (exact) mass is 361 g/mol. The molecule has 1 heterocycles. The summed E-state index contributed by atoms with van der Waals surface area (Å²) in [5, 5.41) is 10.3. The maximum absolute atomic E-state index is 9.49. The molecule has 3 aromatic rings. The van der Waals surface area contributed by atoms with Gasteiger partial charge in [-0.15, -0.1) is 0 Å². The lowest BCUT2D eigenvalue weighted by Gasteiger charge is -2.13. The molecule has 114 valence electrons. The molecule has 0 amide bonds. The standard InChI is InChI=1S/C15H9Cl2N5S/c16-10-8(6-18)13(23-7-4-2-1-3-5-7)11(17)12-9(10)14(19)22-15(20)21-12/h1-5H,(H4,19,20,21,22). The van der Waals surface area contributed by atoms with Crippen molar-refractivity contribution in [2.45, 2.75) is 9.79 Å². The van der Waals surface area contributed by atoms with E-state index in [9.17, 15) is 5.26 Å². The van der Waals surface area contributed by atoms with Crippen LogP contribution in [0, 0.1) is 11.3 Å². The Morgan fingerprint density at radius 3 is 2.39 bits per heavy atom. The van der Waals surface area contributed by atoms with E-state index in [1.54, 1.807) is 0 Å². The van der Waals surface area contributed by atoms with E-state index in [1.807, 2.05) is 30.3 Å². The van der Waals surface area contributed by atoms with Crippen LogP contribution in [0.2, 0.25) is 10.0 Å². The molecule has 5 nitrogen and oxygen atoms in total. The normalized spacial score (nSPS) is 10.7. The predicted molar refractivity (Wildman–Crippen MR) is 93.7 cm³/mol. The van der Waals surface area contributed by atoms with Gasteiger partial charge in [-0.25, -0.2) is 4.98 Å². The van der Waals surface area contributed by atoms with Crippen molar-refractivity contribution in [2.24, 2.45) is 0 Å². The molecule has 0 saturated heterocycles. The van der Waals surface area contributed by atoms with Gasteiger partial charge < -0.3 is 11.5 Å². The summed E-state index contributed by atoms with van der Waals surface area (Å²) < 4.78 is 0. The van der Waals surface area contributed by atoms with Gasteiger partial charge in [0.25, 0.3) is 0 Å². The lowest BCUT2D eigenvalue weighted by atomic mass is 10.1. The van der Waals surface area contributed by atoms with Crippen molar-refractivity contribution in [3.8, 4) is 6.07 Å². The Balaban J connectivity index is 2.34. The first kappa shape index (κ1) is 15.7. The Hall–Kier alpha value is -2.20. The van der Waals surface area contributed by atoms with Gasteiger partial charge in [0.1, 0.15) is 11.9 Å². The molecular weight excluding hydrogens is 353 g/mol. The second kappa shape index (κ2) is 6.13. The van der Waals surface area contributed by atoms with Crippen LogP contribution in [-0.2, 0) is 0 Å². The summed E-state index contributed by atoms with van der Waals surface area (Å²) in [6.45, 7) is 0. The average Bonchev–Trinajstić information content (AvgIpc) is 2.53. The number of fused-ring (bicyclic) bond motifs is 1. The molecular formula is C15H9Cl2N5S. The summed E-state index contributed by atoms with van der Waals surface area (Å²) in [7, 11) is 0. The van der Waals surface area contributed by atoms with Crippen molar-refractivity contribution < 1.29 is 0 Å². The topological polar surface area (TPSA) is 102 Å². The molecule has 0 fully saturated rings. The molecule has 2 aromatic carbocycles. The minimum atomic E-state index is -0.00617. The zero-order chi connectivity index (χ0) is 16.6. The van der Waals surface area contributed by atoms with E-state index >= 15 is 0 Å². The van der Waals surface area contributed by atoms with Crippen molar-refractivity contribution in [2.75, 3.05) is 11.5 Å². The highest BCUT2D eigenvalue weighted by Gasteiger charge is 2.22. The number of nitrogens with two attached hydrogens (primary N) is 2. The molecule has 0 spiro atoms. The number of halogens is 2. The molecule has 4 N–H and O–H groups in total. The molecule has 0 saturated carbocycles. The Morgan fingerprint density at radius 1 is 1.04 bits per heavy atom. The molecule has 3 rings (SSSR count). The minimum Gasteiger partial charge on any atom is -0.383 e. The lowest BCUT2D eigenvalue weighted by Crippen LogP contribution is -2.03. The molecule has 0 unspecified atom stereocenters. The predicted octanol–water partition coefficient (Wildman–Crippen LogP) is 4.12. The van der Waals surface area contributed by atoms with E-state index in [0.717, 1.165) is 4.90 Å². The summed E-state index contributed by atoms with van der Waals surface area (Å²) in [6.07, 6.45) is 0. The third kappa shape index (κ3) is 2.75. The molecule has 0 aliphatic heterocycles. The quantitative estimate of drug-likeness (QED) is 0.711. The average molecular weight is 362 g/mol. The van der Waals surface area contributed by atoms with Crippen LogP contribution >= 0.6 is 35.0 Å². The number of nitrogen functional groups attached to an aromatic ring is 2. The van der Waals surface area contributed by atoms with Gasteiger partial charge in [0.15, 0.2) is 0 Å². The number of hydrogen-bond donors (Lipinski definition) is 2. The molecule has 23 heavy (non-hydrogen) atoms. The largest absolute Gasteiger partial charge is 0.383 e. The molecule has 8 heteroatoms. The number of aromatic nitrogens is 2.